The van der Waals surface area contributed by atoms with Gasteiger partial charge in [-0.05, 0) is 44.2 Å². The van der Waals surface area contributed by atoms with Crippen molar-refractivity contribution in [1.82, 2.24) is 15.5 Å². The van der Waals surface area contributed by atoms with E-state index < -0.39 is 59.3 Å². The highest BCUT2D eigenvalue weighted by atomic mass is 19.1. The molecular formula is C23H26F2N4O4. The van der Waals surface area contributed by atoms with Crippen LogP contribution < -0.4 is 16.0 Å². The van der Waals surface area contributed by atoms with Gasteiger partial charge in [0.2, 0.25) is 11.8 Å². The van der Waals surface area contributed by atoms with Crippen LogP contribution in [0.1, 0.15) is 31.0 Å². The molecule has 2 aromatic carbocycles. The molecule has 33 heavy (non-hydrogen) atoms. The summed E-state index contributed by atoms with van der Waals surface area (Å²) in [5, 5.41) is 17.7. The first-order valence-electron chi connectivity index (χ1n) is 10.4. The summed E-state index contributed by atoms with van der Waals surface area (Å²) in [5.74, 6) is -3.95. The Labute approximate surface area is 190 Å². The second kappa shape index (κ2) is 10.1. The van der Waals surface area contributed by atoms with E-state index in [1.54, 1.807) is 38.2 Å². The Bertz CT molecular complexity index is 1040. The molecule has 0 saturated carbocycles. The van der Waals surface area contributed by atoms with Crippen LogP contribution in [0.5, 0.6) is 0 Å². The second-order valence-electron chi connectivity index (χ2n) is 7.89. The summed E-state index contributed by atoms with van der Waals surface area (Å²) in [6, 6.07) is 6.80. The number of nitrogens with zero attached hydrogens (tertiary/aromatic N) is 1. The number of benzene rings is 2. The molecule has 0 aliphatic carbocycles. The maximum atomic E-state index is 14.1. The standard InChI is InChI=1S/C23H26F2N4O4/c1-12(26-3)21(31)27-18(13(2)30)23(33)29-11-14-7-4-5-8-15(14)20(29)22(32)28-19-16(24)9-6-10-17(19)25/h4-10,12-13,18,20,26,30H,11H2,1-3H3,(H,27,31)(H,28,32)/t12-,13+,18-,20?/m0/s1. The van der Waals surface area contributed by atoms with Crippen molar-refractivity contribution in [1.29, 1.82) is 0 Å². The Morgan fingerprint density at radius 1 is 1.06 bits per heavy atom. The van der Waals surface area contributed by atoms with Crippen molar-refractivity contribution >= 4 is 23.4 Å². The Hall–Kier alpha value is -3.37. The average Bonchev–Trinajstić information content (AvgIpc) is 3.18. The third-order valence-corrected chi connectivity index (χ3v) is 5.62. The van der Waals surface area contributed by atoms with Crippen LogP contribution in [0.2, 0.25) is 0 Å². The van der Waals surface area contributed by atoms with Crippen LogP contribution in [0, 0.1) is 11.6 Å². The zero-order valence-electron chi connectivity index (χ0n) is 18.4. The van der Waals surface area contributed by atoms with Crippen LogP contribution in [0.25, 0.3) is 0 Å². The predicted molar refractivity (Wildman–Crippen MR) is 117 cm³/mol. The van der Waals surface area contributed by atoms with Gasteiger partial charge in [-0.3, -0.25) is 14.4 Å². The molecule has 176 valence electrons. The predicted octanol–water partition coefficient (Wildman–Crippen LogP) is 1.46. The molecule has 0 aromatic heterocycles. The molecule has 0 bridgehead atoms. The molecule has 0 spiro atoms. The summed E-state index contributed by atoms with van der Waals surface area (Å²) in [6.07, 6.45) is -1.26. The minimum atomic E-state index is -1.33. The summed E-state index contributed by atoms with van der Waals surface area (Å²) in [4.78, 5) is 40.1. The maximum absolute atomic E-state index is 14.1. The molecule has 3 amide bonds. The first kappa shape index (κ1) is 24.3. The molecule has 1 heterocycles. The van der Waals surface area contributed by atoms with Crippen molar-refractivity contribution in [3.05, 3.63) is 65.2 Å². The number of anilines is 1. The van der Waals surface area contributed by atoms with Crippen molar-refractivity contribution in [3.63, 3.8) is 0 Å². The highest BCUT2D eigenvalue weighted by Gasteiger charge is 2.42. The maximum Gasteiger partial charge on any atom is 0.252 e. The molecule has 0 fully saturated rings. The van der Waals surface area contributed by atoms with Gasteiger partial charge in [0.1, 0.15) is 29.4 Å². The summed E-state index contributed by atoms with van der Waals surface area (Å²) >= 11 is 0. The van der Waals surface area contributed by atoms with E-state index >= 15 is 0 Å². The number of para-hydroxylation sites is 1. The number of fused-ring (bicyclic) bond motifs is 1. The van der Waals surface area contributed by atoms with Gasteiger partial charge in [-0.1, -0.05) is 30.3 Å². The average molecular weight is 460 g/mol. The van der Waals surface area contributed by atoms with E-state index in [0.29, 0.717) is 11.1 Å². The molecule has 1 aliphatic heterocycles. The molecule has 3 rings (SSSR count). The van der Waals surface area contributed by atoms with Gasteiger partial charge in [0.25, 0.3) is 5.91 Å². The van der Waals surface area contributed by atoms with Gasteiger partial charge in [-0.25, -0.2) is 8.78 Å². The van der Waals surface area contributed by atoms with Gasteiger partial charge in [0.15, 0.2) is 0 Å². The van der Waals surface area contributed by atoms with E-state index in [4.69, 9.17) is 0 Å². The third-order valence-electron chi connectivity index (χ3n) is 5.62. The number of carbonyl (C=O) groups is 3. The number of aliphatic hydroxyl groups excluding tert-OH is 1. The van der Waals surface area contributed by atoms with Gasteiger partial charge < -0.3 is 26.0 Å². The molecule has 10 heteroatoms. The quantitative estimate of drug-likeness (QED) is 0.500. The monoisotopic (exact) mass is 460 g/mol. The molecule has 2 aromatic rings. The van der Waals surface area contributed by atoms with E-state index in [0.717, 1.165) is 12.1 Å². The number of carbonyl (C=O) groups excluding carboxylic acids is 3. The summed E-state index contributed by atoms with van der Waals surface area (Å²) in [5.41, 5.74) is 0.529. The smallest absolute Gasteiger partial charge is 0.252 e. The van der Waals surface area contributed by atoms with Crippen LogP contribution in [0.3, 0.4) is 0 Å². The van der Waals surface area contributed by atoms with Crippen molar-refractivity contribution in [2.75, 3.05) is 12.4 Å². The molecule has 8 nitrogen and oxygen atoms in total. The summed E-state index contributed by atoms with van der Waals surface area (Å²) in [7, 11) is 1.57. The number of amides is 3. The lowest BCUT2D eigenvalue weighted by atomic mass is 10.0. The van der Waals surface area contributed by atoms with Crippen molar-refractivity contribution < 1.29 is 28.3 Å². The molecular weight excluding hydrogens is 434 g/mol. The van der Waals surface area contributed by atoms with E-state index in [2.05, 4.69) is 16.0 Å². The van der Waals surface area contributed by atoms with Crippen molar-refractivity contribution in [3.8, 4) is 0 Å². The normalized spacial score (nSPS) is 17.6. The molecule has 1 unspecified atom stereocenters. The van der Waals surface area contributed by atoms with Gasteiger partial charge in [0, 0.05) is 6.54 Å². The Morgan fingerprint density at radius 3 is 2.30 bits per heavy atom. The van der Waals surface area contributed by atoms with Crippen molar-refractivity contribution in [2.24, 2.45) is 0 Å². The zero-order valence-corrected chi connectivity index (χ0v) is 18.4. The first-order chi connectivity index (χ1) is 15.6. The number of nitrogens with one attached hydrogen (secondary N) is 3. The van der Waals surface area contributed by atoms with E-state index in [9.17, 15) is 28.3 Å². The fourth-order valence-electron chi connectivity index (χ4n) is 3.66. The molecule has 4 N–H and O–H groups in total. The Morgan fingerprint density at radius 2 is 1.70 bits per heavy atom. The fraction of sp³-hybridized carbons (Fsp3) is 0.348. The molecule has 1 aliphatic rings. The van der Waals surface area contributed by atoms with Gasteiger partial charge in [0.05, 0.1) is 12.1 Å². The SMILES string of the molecule is CN[C@@H](C)C(=O)N[C@H](C(=O)N1Cc2ccccc2C1C(=O)Nc1c(F)cccc1F)[C@@H](C)O. The minimum absolute atomic E-state index is 0.0213. The van der Waals surface area contributed by atoms with E-state index in [1.807, 2.05) is 0 Å². The lowest BCUT2D eigenvalue weighted by Crippen LogP contribution is -2.56. The Balaban J connectivity index is 1.93. The lowest BCUT2D eigenvalue weighted by molar-refractivity contribution is -0.144. The number of halogens is 2. The number of aliphatic hydroxyl groups is 1. The number of hydrogen-bond donors (Lipinski definition) is 4. The number of rotatable bonds is 7. The molecule has 4 atom stereocenters. The van der Waals surface area contributed by atoms with Crippen molar-refractivity contribution in [2.45, 2.75) is 44.6 Å². The molecule has 0 radical (unpaired) electrons. The molecule has 0 saturated heterocycles. The van der Waals surface area contributed by atoms with Crippen LogP contribution in [0.4, 0.5) is 14.5 Å². The van der Waals surface area contributed by atoms with Crippen LogP contribution in [-0.4, -0.2) is 53.0 Å². The van der Waals surface area contributed by atoms with Gasteiger partial charge in [-0.2, -0.15) is 0 Å². The third kappa shape index (κ3) is 5.01. The van der Waals surface area contributed by atoms with Crippen LogP contribution in [0.15, 0.2) is 42.5 Å². The van der Waals surface area contributed by atoms with Gasteiger partial charge >= 0.3 is 0 Å². The minimum Gasteiger partial charge on any atom is -0.391 e. The number of likely N-dealkylation sites (N-methyl/N-ethyl adjacent to an activating group) is 1. The largest absolute Gasteiger partial charge is 0.391 e. The number of hydrogen-bond acceptors (Lipinski definition) is 5. The van der Waals surface area contributed by atoms with Gasteiger partial charge in [-0.15, -0.1) is 0 Å². The lowest BCUT2D eigenvalue weighted by Gasteiger charge is -2.30. The van der Waals surface area contributed by atoms with E-state index in [-0.39, 0.29) is 6.54 Å². The topological polar surface area (TPSA) is 111 Å². The van der Waals surface area contributed by atoms with Crippen LogP contribution >= 0.6 is 0 Å². The zero-order chi connectivity index (χ0) is 24.3. The fourth-order valence-corrected chi connectivity index (χ4v) is 3.66. The van der Waals surface area contributed by atoms with E-state index in [1.165, 1.54) is 17.9 Å². The Kier molecular flexibility index (Phi) is 7.39. The van der Waals surface area contributed by atoms with Crippen LogP contribution in [-0.2, 0) is 20.9 Å². The highest BCUT2D eigenvalue weighted by molar-refractivity contribution is 6.00. The summed E-state index contributed by atoms with van der Waals surface area (Å²) in [6.45, 7) is 2.96. The second-order valence-corrected chi connectivity index (χ2v) is 7.89. The first-order valence-corrected chi connectivity index (χ1v) is 10.4. The summed E-state index contributed by atoms with van der Waals surface area (Å²) < 4.78 is 28.2. The highest BCUT2D eigenvalue weighted by Crippen LogP contribution is 2.35.